The van der Waals surface area contributed by atoms with E-state index in [1.807, 2.05) is 0 Å². The van der Waals surface area contributed by atoms with Gasteiger partial charge in [-0.1, -0.05) is 11.6 Å². The molecule has 1 aromatic heterocycles. The smallest absolute Gasteiger partial charge is 0.276 e. The van der Waals surface area contributed by atoms with Crippen LogP contribution in [0.5, 0.6) is 0 Å². The summed E-state index contributed by atoms with van der Waals surface area (Å²) in [6, 6.07) is 5.54. The van der Waals surface area contributed by atoms with Crippen molar-refractivity contribution in [2.75, 3.05) is 5.32 Å². The predicted molar refractivity (Wildman–Crippen MR) is 61.4 cm³/mol. The molecule has 1 aromatic carbocycles. The molecule has 0 aliphatic rings. The van der Waals surface area contributed by atoms with E-state index in [9.17, 15) is 13.6 Å². The van der Waals surface area contributed by atoms with Gasteiger partial charge < -0.3 is 5.32 Å². The minimum Gasteiger partial charge on any atom is -0.318 e. The van der Waals surface area contributed by atoms with Crippen LogP contribution in [0.15, 0.2) is 30.3 Å². The van der Waals surface area contributed by atoms with Crippen LogP contribution < -0.4 is 5.32 Å². The number of amides is 1. The number of nitrogens with zero attached hydrogens (tertiary/aromatic N) is 2. The van der Waals surface area contributed by atoms with Crippen molar-refractivity contribution in [3.05, 3.63) is 52.8 Å². The number of aromatic nitrogens is 2. The van der Waals surface area contributed by atoms with Gasteiger partial charge in [0.2, 0.25) is 0 Å². The average Bonchev–Trinajstić information content (AvgIpc) is 2.33. The lowest BCUT2D eigenvalue weighted by atomic mass is 10.3. The molecule has 0 fully saturated rings. The topological polar surface area (TPSA) is 54.9 Å². The molecule has 18 heavy (non-hydrogen) atoms. The lowest BCUT2D eigenvalue weighted by Gasteiger charge is -2.05. The Bertz CT molecular complexity index is 589. The summed E-state index contributed by atoms with van der Waals surface area (Å²) in [7, 11) is 0. The highest BCUT2D eigenvalue weighted by molar-refractivity contribution is 6.29. The molecule has 0 radical (unpaired) electrons. The minimum atomic E-state index is -0.870. The Morgan fingerprint density at radius 2 is 1.94 bits per heavy atom. The van der Waals surface area contributed by atoms with Crippen molar-refractivity contribution in [3.8, 4) is 0 Å². The third kappa shape index (κ3) is 2.78. The summed E-state index contributed by atoms with van der Waals surface area (Å²) in [4.78, 5) is 11.6. The fourth-order valence-electron chi connectivity index (χ4n) is 1.21. The molecular formula is C11H6ClF2N3O. The monoisotopic (exact) mass is 269 g/mol. The number of anilines is 1. The van der Waals surface area contributed by atoms with E-state index in [1.54, 1.807) is 0 Å². The molecular weight excluding hydrogens is 264 g/mol. The zero-order chi connectivity index (χ0) is 13.1. The zero-order valence-corrected chi connectivity index (χ0v) is 9.58. The van der Waals surface area contributed by atoms with Gasteiger partial charge in [-0.15, -0.1) is 10.2 Å². The Hall–Kier alpha value is -2.08. The molecule has 92 valence electrons. The van der Waals surface area contributed by atoms with Crippen LogP contribution in [0, 0.1) is 11.6 Å². The molecule has 0 spiro atoms. The molecule has 0 aliphatic carbocycles. The van der Waals surface area contributed by atoms with E-state index >= 15 is 0 Å². The van der Waals surface area contributed by atoms with E-state index < -0.39 is 17.5 Å². The second-order valence-corrected chi connectivity index (χ2v) is 3.71. The van der Waals surface area contributed by atoms with Crippen molar-refractivity contribution < 1.29 is 13.6 Å². The van der Waals surface area contributed by atoms with Gasteiger partial charge in [0.25, 0.3) is 5.91 Å². The van der Waals surface area contributed by atoms with E-state index in [-0.39, 0.29) is 16.5 Å². The van der Waals surface area contributed by atoms with Gasteiger partial charge in [-0.05, 0) is 24.3 Å². The molecule has 7 heteroatoms. The Labute approximate surface area is 106 Å². The van der Waals surface area contributed by atoms with Gasteiger partial charge in [-0.25, -0.2) is 8.78 Å². The fraction of sp³-hybridized carbons (Fsp3) is 0. The molecule has 0 bridgehead atoms. The van der Waals surface area contributed by atoms with Crippen LogP contribution in [-0.2, 0) is 0 Å². The van der Waals surface area contributed by atoms with E-state index in [1.165, 1.54) is 12.1 Å². The normalized spacial score (nSPS) is 10.2. The second-order valence-electron chi connectivity index (χ2n) is 3.32. The van der Waals surface area contributed by atoms with Crippen LogP contribution in [0.2, 0.25) is 5.15 Å². The van der Waals surface area contributed by atoms with Crippen LogP contribution in [0.3, 0.4) is 0 Å². The lowest BCUT2D eigenvalue weighted by Crippen LogP contribution is -2.15. The lowest BCUT2D eigenvalue weighted by molar-refractivity contribution is 0.102. The predicted octanol–water partition coefficient (Wildman–Crippen LogP) is 2.66. The highest BCUT2D eigenvalue weighted by Gasteiger charge is 2.11. The molecule has 1 amide bonds. The number of benzene rings is 1. The van der Waals surface area contributed by atoms with Crippen molar-refractivity contribution in [3.63, 3.8) is 0 Å². The average molecular weight is 270 g/mol. The maximum absolute atomic E-state index is 13.3. The summed E-state index contributed by atoms with van der Waals surface area (Å²) in [6.07, 6.45) is 0. The van der Waals surface area contributed by atoms with Crippen molar-refractivity contribution in [2.45, 2.75) is 0 Å². The third-order valence-electron chi connectivity index (χ3n) is 2.04. The first-order valence-corrected chi connectivity index (χ1v) is 5.19. The maximum atomic E-state index is 13.3. The number of carbonyl (C=O) groups excluding carboxylic acids is 1. The van der Waals surface area contributed by atoms with Crippen LogP contribution in [0.25, 0.3) is 0 Å². The minimum absolute atomic E-state index is 0.0249. The highest BCUT2D eigenvalue weighted by atomic mass is 35.5. The van der Waals surface area contributed by atoms with Crippen LogP contribution in [0.1, 0.15) is 10.5 Å². The standard InChI is InChI=1S/C11H6ClF2N3O/c12-10-4-3-9(16-17-10)11(18)15-8-2-1-6(13)5-7(8)14/h1-5H,(H,15,18). The van der Waals surface area contributed by atoms with Gasteiger partial charge in [-0.3, -0.25) is 4.79 Å². The van der Waals surface area contributed by atoms with Crippen molar-refractivity contribution >= 4 is 23.2 Å². The Kier molecular flexibility index (Phi) is 3.47. The molecule has 2 rings (SSSR count). The van der Waals surface area contributed by atoms with E-state index in [4.69, 9.17) is 11.6 Å². The summed E-state index contributed by atoms with van der Waals surface area (Å²) >= 11 is 5.51. The molecule has 1 N–H and O–H groups in total. The van der Waals surface area contributed by atoms with Gasteiger partial charge >= 0.3 is 0 Å². The molecule has 0 atom stereocenters. The van der Waals surface area contributed by atoms with Gasteiger partial charge in [-0.2, -0.15) is 0 Å². The van der Waals surface area contributed by atoms with Gasteiger partial charge in [0, 0.05) is 6.07 Å². The summed E-state index contributed by atoms with van der Waals surface area (Å²) in [5, 5.41) is 9.40. The first-order valence-electron chi connectivity index (χ1n) is 4.82. The summed E-state index contributed by atoms with van der Waals surface area (Å²) in [5.41, 5.74) is -0.165. The number of halogens is 3. The third-order valence-corrected chi connectivity index (χ3v) is 2.25. The molecule has 0 aliphatic heterocycles. The Balaban J connectivity index is 2.18. The first-order chi connectivity index (χ1) is 8.56. The second kappa shape index (κ2) is 5.05. The quantitative estimate of drug-likeness (QED) is 0.912. The fourth-order valence-corrected chi connectivity index (χ4v) is 1.32. The Morgan fingerprint density at radius 1 is 1.17 bits per heavy atom. The largest absolute Gasteiger partial charge is 0.318 e. The van der Waals surface area contributed by atoms with Gasteiger partial charge in [0.05, 0.1) is 5.69 Å². The summed E-state index contributed by atoms with van der Waals surface area (Å²) < 4.78 is 25.9. The zero-order valence-electron chi connectivity index (χ0n) is 8.82. The van der Waals surface area contributed by atoms with Crippen LogP contribution >= 0.6 is 11.6 Å². The number of hydrogen-bond acceptors (Lipinski definition) is 3. The molecule has 1 heterocycles. The number of rotatable bonds is 2. The van der Waals surface area contributed by atoms with Gasteiger partial charge in [0.1, 0.15) is 11.6 Å². The Morgan fingerprint density at radius 3 is 2.56 bits per heavy atom. The molecule has 0 saturated carbocycles. The van der Waals surface area contributed by atoms with Crippen LogP contribution in [-0.4, -0.2) is 16.1 Å². The van der Waals surface area contributed by atoms with Crippen molar-refractivity contribution in [1.29, 1.82) is 0 Å². The molecule has 0 unspecified atom stereocenters. The molecule has 2 aromatic rings. The first kappa shape index (κ1) is 12.4. The van der Waals surface area contributed by atoms with E-state index in [0.29, 0.717) is 6.07 Å². The van der Waals surface area contributed by atoms with Gasteiger partial charge in [0.15, 0.2) is 10.8 Å². The number of hydrogen-bond donors (Lipinski definition) is 1. The highest BCUT2D eigenvalue weighted by Crippen LogP contribution is 2.15. The van der Waals surface area contributed by atoms with E-state index in [2.05, 4.69) is 15.5 Å². The summed E-state index contributed by atoms with van der Waals surface area (Å²) in [5.74, 6) is -2.26. The number of nitrogens with one attached hydrogen (secondary N) is 1. The maximum Gasteiger partial charge on any atom is 0.276 e. The SMILES string of the molecule is O=C(Nc1ccc(F)cc1F)c1ccc(Cl)nn1. The van der Waals surface area contributed by atoms with E-state index in [0.717, 1.165) is 12.1 Å². The van der Waals surface area contributed by atoms with Crippen LogP contribution in [0.4, 0.5) is 14.5 Å². The number of carbonyl (C=O) groups is 1. The molecule has 0 saturated heterocycles. The van der Waals surface area contributed by atoms with Crippen molar-refractivity contribution in [1.82, 2.24) is 10.2 Å². The molecule has 4 nitrogen and oxygen atoms in total. The summed E-state index contributed by atoms with van der Waals surface area (Å²) in [6.45, 7) is 0. The van der Waals surface area contributed by atoms with Crippen molar-refractivity contribution in [2.24, 2.45) is 0 Å².